The number of ether oxygens (including phenoxy) is 1. The standard InChI is InChI=1S/C19H26O3/c20-19(21)18-10-8-17(9-11-18)16-3-1-2-14(6-7-16)4-5-15-12-22-13-15/h8-11,14-16H,1-7,12-13H2,(H,20,21). The van der Waals surface area contributed by atoms with Crippen molar-refractivity contribution in [2.24, 2.45) is 11.8 Å². The molecular formula is C19H26O3. The summed E-state index contributed by atoms with van der Waals surface area (Å²) < 4.78 is 5.26. The molecule has 3 nitrogen and oxygen atoms in total. The van der Waals surface area contributed by atoms with Gasteiger partial charge in [-0.05, 0) is 55.2 Å². The minimum Gasteiger partial charge on any atom is -0.478 e. The van der Waals surface area contributed by atoms with E-state index in [1.54, 1.807) is 12.1 Å². The molecule has 1 aliphatic carbocycles. The molecule has 1 saturated carbocycles. The van der Waals surface area contributed by atoms with Gasteiger partial charge >= 0.3 is 5.97 Å². The molecule has 2 fully saturated rings. The Morgan fingerprint density at radius 2 is 1.73 bits per heavy atom. The first kappa shape index (κ1) is 15.5. The number of aromatic carboxylic acids is 1. The van der Waals surface area contributed by atoms with Crippen LogP contribution in [-0.2, 0) is 4.74 Å². The van der Waals surface area contributed by atoms with Crippen LogP contribution in [-0.4, -0.2) is 24.3 Å². The van der Waals surface area contributed by atoms with Crippen molar-refractivity contribution in [2.75, 3.05) is 13.2 Å². The van der Waals surface area contributed by atoms with E-state index in [4.69, 9.17) is 9.84 Å². The van der Waals surface area contributed by atoms with Gasteiger partial charge in [-0.25, -0.2) is 4.79 Å². The smallest absolute Gasteiger partial charge is 0.335 e. The molecule has 1 N–H and O–H groups in total. The Kier molecular flexibility index (Phi) is 5.14. The summed E-state index contributed by atoms with van der Waals surface area (Å²) in [5.74, 6) is 1.47. The van der Waals surface area contributed by atoms with Gasteiger partial charge in [0.05, 0.1) is 18.8 Å². The summed E-state index contributed by atoms with van der Waals surface area (Å²) in [6.07, 6.45) is 9.17. The van der Waals surface area contributed by atoms with Gasteiger partial charge in [0, 0.05) is 5.92 Å². The maximum Gasteiger partial charge on any atom is 0.335 e. The topological polar surface area (TPSA) is 46.5 Å². The van der Waals surface area contributed by atoms with Crippen molar-refractivity contribution in [3.05, 3.63) is 35.4 Å². The SMILES string of the molecule is O=C(O)c1ccc(C2CCCC(CCC3COC3)CC2)cc1. The van der Waals surface area contributed by atoms with Gasteiger partial charge in [-0.1, -0.05) is 31.4 Å². The lowest BCUT2D eigenvalue weighted by Crippen LogP contribution is -2.27. The van der Waals surface area contributed by atoms with E-state index < -0.39 is 5.97 Å². The van der Waals surface area contributed by atoms with Gasteiger partial charge in [-0.3, -0.25) is 0 Å². The van der Waals surface area contributed by atoms with Crippen molar-refractivity contribution < 1.29 is 14.6 Å². The quantitative estimate of drug-likeness (QED) is 0.816. The number of benzene rings is 1. The fourth-order valence-electron chi connectivity index (χ4n) is 3.82. The molecule has 0 radical (unpaired) electrons. The maximum atomic E-state index is 10.9. The zero-order valence-electron chi connectivity index (χ0n) is 13.2. The Labute approximate surface area is 132 Å². The number of carbonyl (C=O) groups is 1. The normalized spacial score (nSPS) is 26.2. The van der Waals surface area contributed by atoms with Crippen LogP contribution in [0.25, 0.3) is 0 Å². The summed E-state index contributed by atoms with van der Waals surface area (Å²) in [6.45, 7) is 1.95. The molecule has 22 heavy (non-hydrogen) atoms. The van der Waals surface area contributed by atoms with E-state index in [-0.39, 0.29) is 0 Å². The van der Waals surface area contributed by atoms with Crippen molar-refractivity contribution in [3.8, 4) is 0 Å². The van der Waals surface area contributed by atoms with Crippen molar-refractivity contribution in [1.82, 2.24) is 0 Å². The van der Waals surface area contributed by atoms with Crippen LogP contribution < -0.4 is 0 Å². The first-order chi connectivity index (χ1) is 10.7. The van der Waals surface area contributed by atoms with Crippen molar-refractivity contribution >= 4 is 5.97 Å². The molecule has 0 bridgehead atoms. The fraction of sp³-hybridized carbons (Fsp3) is 0.632. The Morgan fingerprint density at radius 3 is 2.36 bits per heavy atom. The molecule has 0 amide bonds. The highest BCUT2D eigenvalue weighted by molar-refractivity contribution is 5.87. The second-order valence-corrected chi connectivity index (χ2v) is 6.98. The van der Waals surface area contributed by atoms with Gasteiger partial charge in [0.15, 0.2) is 0 Å². The molecule has 1 aliphatic heterocycles. The van der Waals surface area contributed by atoms with Crippen molar-refractivity contribution in [1.29, 1.82) is 0 Å². The van der Waals surface area contributed by atoms with Crippen molar-refractivity contribution in [3.63, 3.8) is 0 Å². The fourth-order valence-corrected chi connectivity index (χ4v) is 3.82. The third-order valence-electron chi connectivity index (χ3n) is 5.41. The highest BCUT2D eigenvalue weighted by atomic mass is 16.5. The lowest BCUT2D eigenvalue weighted by molar-refractivity contribution is -0.0381. The Balaban J connectivity index is 1.51. The zero-order valence-corrected chi connectivity index (χ0v) is 13.2. The molecule has 3 rings (SSSR count). The Hall–Kier alpha value is -1.35. The predicted octanol–water partition coefficient (Wildman–Crippen LogP) is 4.48. The van der Waals surface area contributed by atoms with Crippen LogP contribution in [0.4, 0.5) is 0 Å². The van der Waals surface area contributed by atoms with Gasteiger partial charge < -0.3 is 9.84 Å². The summed E-state index contributed by atoms with van der Waals surface area (Å²) in [4.78, 5) is 10.9. The zero-order chi connectivity index (χ0) is 15.4. The molecule has 1 aromatic rings. The van der Waals surface area contributed by atoms with E-state index in [0.29, 0.717) is 11.5 Å². The van der Waals surface area contributed by atoms with E-state index >= 15 is 0 Å². The summed E-state index contributed by atoms with van der Waals surface area (Å²) in [5, 5.41) is 8.99. The lowest BCUT2D eigenvalue weighted by Gasteiger charge is -2.27. The number of hydrogen-bond donors (Lipinski definition) is 1. The second kappa shape index (κ2) is 7.28. The summed E-state index contributed by atoms with van der Waals surface area (Å²) in [7, 11) is 0. The molecule has 3 heteroatoms. The number of rotatable bonds is 5. The molecule has 2 unspecified atom stereocenters. The van der Waals surface area contributed by atoms with Gasteiger partial charge in [-0.2, -0.15) is 0 Å². The molecular weight excluding hydrogens is 276 g/mol. The van der Waals surface area contributed by atoms with E-state index in [1.807, 2.05) is 12.1 Å². The largest absolute Gasteiger partial charge is 0.478 e. The Bertz CT molecular complexity index is 490. The molecule has 1 heterocycles. The predicted molar refractivity (Wildman–Crippen MR) is 86.3 cm³/mol. The van der Waals surface area contributed by atoms with Crippen molar-refractivity contribution in [2.45, 2.75) is 50.9 Å². The number of carboxylic acids is 1. The minimum absolute atomic E-state index is 0.387. The summed E-state index contributed by atoms with van der Waals surface area (Å²) >= 11 is 0. The van der Waals surface area contributed by atoms with Crippen LogP contribution in [0.15, 0.2) is 24.3 Å². The molecule has 120 valence electrons. The van der Waals surface area contributed by atoms with E-state index in [9.17, 15) is 4.79 Å². The van der Waals surface area contributed by atoms with Gasteiger partial charge in [0.1, 0.15) is 0 Å². The Morgan fingerprint density at radius 1 is 1.00 bits per heavy atom. The number of hydrogen-bond acceptors (Lipinski definition) is 2. The van der Waals surface area contributed by atoms with Crippen LogP contribution in [0, 0.1) is 11.8 Å². The van der Waals surface area contributed by atoms with Crippen LogP contribution in [0.5, 0.6) is 0 Å². The van der Waals surface area contributed by atoms with Crippen LogP contribution in [0.1, 0.15) is 66.8 Å². The monoisotopic (exact) mass is 302 g/mol. The van der Waals surface area contributed by atoms with Crippen LogP contribution >= 0.6 is 0 Å². The second-order valence-electron chi connectivity index (χ2n) is 6.98. The van der Waals surface area contributed by atoms with E-state index in [0.717, 1.165) is 25.0 Å². The summed E-state index contributed by atoms with van der Waals surface area (Å²) in [5.41, 5.74) is 1.70. The van der Waals surface area contributed by atoms with E-state index in [1.165, 1.54) is 50.5 Å². The van der Waals surface area contributed by atoms with Gasteiger partial charge in [0.2, 0.25) is 0 Å². The average molecular weight is 302 g/mol. The highest BCUT2D eigenvalue weighted by Crippen LogP contribution is 2.36. The molecule has 0 aromatic heterocycles. The molecule has 2 aliphatic rings. The average Bonchev–Trinajstić information content (AvgIpc) is 2.71. The number of carboxylic acid groups (broad SMARTS) is 1. The molecule has 0 spiro atoms. The third kappa shape index (κ3) is 3.89. The minimum atomic E-state index is -0.840. The molecule has 2 atom stereocenters. The molecule has 1 aromatic carbocycles. The van der Waals surface area contributed by atoms with Gasteiger partial charge in [-0.15, -0.1) is 0 Å². The maximum absolute atomic E-state index is 10.9. The van der Waals surface area contributed by atoms with E-state index in [2.05, 4.69) is 0 Å². The highest BCUT2D eigenvalue weighted by Gasteiger charge is 2.23. The molecule has 1 saturated heterocycles. The first-order valence-corrected chi connectivity index (χ1v) is 8.63. The van der Waals surface area contributed by atoms with Crippen LogP contribution in [0.3, 0.4) is 0 Å². The third-order valence-corrected chi connectivity index (χ3v) is 5.41. The van der Waals surface area contributed by atoms with Gasteiger partial charge in [0.25, 0.3) is 0 Å². The summed E-state index contributed by atoms with van der Waals surface area (Å²) in [6, 6.07) is 7.52. The lowest BCUT2D eigenvalue weighted by atomic mass is 9.88. The van der Waals surface area contributed by atoms with Crippen LogP contribution in [0.2, 0.25) is 0 Å². The first-order valence-electron chi connectivity index (χ1n) is 8.63.